The third-order valence-electron chi connectivity index (χ3n) is 2.16. The third-order valence-corrected chi connectivity index (χ3v) is 2.16. The lowest BCUT2D eigenvalue weighted by molar-refractivity contribution is -0.274. The van der Waals surface area contributed by atoms with E-state index < -0.39 is 6.36 Å². The standard InChI is InChI=1S/C13H18F3NO2/c1-9(17-19-12(2,3)4)10-5-7-11(8-6-10)18-13(14,15)16/h5-9,17H,1-4H3. The van der Waals surface area contributed by atoms with Crippen molar-refractivity contribution in [2.24, 2.45) is 0 Å². The van der Waals surface area contributed by atoms with E-state index in [2.05, 4.69) is 10.2 Å². The van der Waals surface area contributed by atoms with E-state index in [1.54, 1.807) is 12.1 Å². The van der Waals surface area contributed by atoms with Crippen LogP contribution in [0.1, 0.15) is 39.3 Å². The normalized spacial score (nSPS) is 14.3. The zero-order chi connectivity index (χ0) is 14.7. The Morgan fingerprint density at radius 2 is 1.58 bits per heavy atom. The van der Waals surface area contributed by atoms with Gasteiger partial charge in [-0.2, -0.15) is 5.48 Å². The molecule has 0 amide bonds. The van der Waals surface area contributed by atoms with E-state index in [4.69, 9.17) is 4.84 Å². The van der Waals surface area contributed by atoms with Crippen LogP contribution in [-0.4, -0.2) is 12.0 Å². The fourth-order valence-electron chi connectivity index (χ4n) is 1.29. The van der Waals surface area contributed by atoms with Gasteiger partial charge in [-0.3, -0.25) is 4.84 Å². The quantitative estimate of drug-likeness (QED) is 0.845. The minimum absolute atomic E-state index is 0.140. The SMILES string of the molecule is CC(NOC(C)(C)C)c1ccc(OC(F)(F)F)cc1. The maximum Gasteiger partial charge on any atom is 0.573 e. The summed E-state index contributed by atoms with van der Waals surface area (Å²) in [5, 5.41) is 0. The van der Waals surface area contributed by atoms with Crippen molar-refractivity contribution >= 4 is 0 Å². The summed E-state index contributed by atoms with van der Waals surface area (Å²) < 4.78 is 39.8. The summed E-state index contributed by atoms with van der Waals surface area (Å²) in [6, 6.07) is 5.53. The van der Waals surface area contributed by atoms with Gasteiger partial charge in [-0.15, -0.1) is 13.2 Å². The molecule has 3 nitrogen and oxygen atoms in total. The van der Waals surface area contributed by atoms with Crippen molar-refractivity contribution in [2.75, 3.05) is 0 Å². The molecule has 0 fully saturated rings. The second kappa shape index (κ2) is 5.79. The molecule has 1 unspecified atom stereocenters. The van der Waals surface area contributed by atoms with Crippen molar-refractivity contribution in [1.82, 2.24) is 5.48 Å². The van der Waals surface area contributed by atoms with Crippen LogP contribution in [0.2, 0.25) is 0 Å². The van der Waals surface area contributed by atoms with E-state index in [0.29, 0.717) is 0 Å². The molecular weight excluding hydrogens is 259 g/mol. The monoisotopic (exact) mass is 277 g/mol. The van der Waals surface area contributed by atoms with E-state index in [1.165, 1.54) is 12.1 Å². The van der Waals surface area contributed by atoms with Crippen molar-refractivity contribution in [1.29, 1.82) is 0 Å². The van der Waals surface area contributed by atoms with Gasteiger partial charge >= 0.3 is 6.36 Å². The zero-order valence-corrected chi connectivity index (χ0v) is 11.3. The van der Waals surface area contributed by atoms with E-state index in [1.807, 2.05) is 27.7 Å². The van der Waals surface area contributed by atoms with Crippen LogP contribution in [-0.2, 0) is 4.84 Å². The molecular formula is C13H18F3NO2. The molecule has 0 spiro atoms. The molecule has 6 heteroatoms. The summed E-state index contributed by atoms with van der Waals surface area (Å²) >= 11 is 0. The molecule has 0 radical (unpaired) electrons. The average Bonchev–Trinajstić information content (AvgIpc) is 2.23. The lowest BCUT2D eigenvalue weighted by Gasteiger charge is -2.23. The molecule has 1 rings (SSSR count). The fourth-order valence-corrected chi connectivity index (χ4v) is 1.29. The van der Waals surface area contributed by atoms with Gasteiger partial charge in [0.1, 0.15) is 5.75 Å². The van der Waals surface area contributed by atoms with E-state index in [0.717, 1.165) is 5.56 Å². The number of nitrogens with one attached hydrogen (secondary N) is 1. The highest BCUT2D eigenvalue weighted by atomic mass is 19.4. The first-order valence-corrected chi connectivity index (χ1v) is 5.86. The lowest BCUT2D eigenvalue weighted by atomic mass is 10.1. The molecule has 0 aliphatic heterocycles. The minimum atomic E-state index is -4.67. The molecule has 0 saturated heterocycles. The molecule has 0 aromatic heterocycles. The number of alkyl halides is 3. The second-order valence-electron chi connectivity index (χ2n) is 5.17. The van der Waals surface area contributed by atoms with Gasteiger partial charge in [-0.25, -0.2) is 0 Å². The first kappa shape index (κ1) is 15.8. The molecule has 108 valence electrons. The van der Waals surface area contributed by atoms with Crippen molar-refractivity contribution in [3.8, 4) is 5.75 Å². The average molecular weight is 277 g/mol. The van der Waals surface area contributed by atoms with Crippen LogP contribution in [0.3, 0.4) is 0 Å². The molecule has 1 aromatic carbocycles. The van der Waals surface area contributed by atoms with Crippen LogP contribution in [0.4, 0.5) is 13.2 Å². The van der Waals surface area contributed by atoms with E-state index >= 15 is 0 Å². The van der Waals surface area contributed by atoms with Gasteiger partial charge in [0, 0.05) is 0 Å². The summed E-state index contributed by atoms with van der Waals surface area (Å²) in [7, 11) is 0. The highest BCUT2D eigenvalue weighted by molar-refractivity contribution is 5.28. The number of halogens is 3. The summed E-state index contributed by atoms with van der Waals surface area (Å²) in [5.74, 6) is -0.236. The van der Waals surface area contributed by atoms with Crippen molar-refractivity contribution in [3.63, 3.8) is 0 Å². The Bertz CT molecular complexity index is 396. The van der Waals surface area contributed by atoms with Crippen LogP contribution in [0, 0.1) is 0 Å². The number of hydrogen-bond donors (Lipinski definition) is 1. The summed E-state index contributed by atoms with van der Waals surface area (Å²) in [5.41, 5.74) is 3.31. The Morgan fingerprint density at radius 3 is 2.00 bits per heavy atom. The van der Waals surface area contributed by atoms with Crippen LogP contribution < -0.4 is 10.2 Å². The first-order valence-electron chi connectivity index (χ1n) is 5.86. The second-order valence-corrected chi connectivity index (χ2v) is 5.17. The first-order chi connectivity index (χ1) is 8.57. The number of hydrogen-bond acceptors (Lipinski definition) is 3. The summed E-state index contributed by atoms with van der Waals surface area (Å²) in [4.78, 5) is 5.40. The Hall–Kier alpha value is -1.27. The third kappa shape index (κ3) is 6.45. The Morgan fingerprint density at radius 1 is 1.05 bits per heavy atom. The topological polar surface area (TPSA) is 30.5 Å². The fraction of sp³-hybridized carbons (Fsp3) is 0.538. The van der Waals surface area contributed by atoms with Gasteiger partial charge in [0.2, 0.25) is 0 Å². The smallest absolute Gasteiger partial charge is 0.406 e. The van der Waals surface area contributed by atoms with Gasteiger partial charge in [-0.05, 0) is 45.4 Å². The van der Waals surface area contributed by atoms with Crippen LogP contribution >= 0.6 is 0 Å². The van der Waals surface area contributed by atoms with Crippen LogP contribution in [0.15, 0.2) is 24.3 Å². The predicted molar refractivity (Wildman–Crippen MR) is 65.5 cm³/mol. The number of hydroxylamine groups is 1. The lowest BCUT2D eigenvalue weighted by Crippen LogP contribution is -2.30. The Labute approximate surface area is 110 Å². The molecule has 1 aromatic rings. The van der Waals surface area contributed by atoms with Gasteiger partial charge < -0.3 is 4.74 Å². The van der Waals surface area contributed by atoms with Gasteiger partial charge in [0.05, 0.1) is 11.6 Å². The van der Waals surface area contributed by atoms with Crippen molar-refractivity contribution in [2.45, 2.75) is 45.7 Å². The Kier molecular flexibility index (Phi) is 4.81. The van der Waals surface area contributed by atoms with Crippen LogP contribution in [0.25, 0.3) is 0 Å². The molecule has 19 heavy (non-hydrogen) atoms. The maximum atomic E-state index is 12.0. The molecule has 1 atom stereocenters. The van der Waals surface area contributed by atoms with Gasteiger partial charge in [0.15, 0.2) is 0 Å². The number of rotatable bonds is 4. The number of benzene rings is 1. The van der Waals surface area contributed by atoms with E-state index in [9.17, 15) is 13.2 Å². The van der Waals surface area contributed by atoms with E-state index in [-0.39, 0.29) is 17.4 Å². The summed E-state index contributed by atoms with van der Waals surface area (Å²) in [6.45, 7) is 7.54. The van der Waals surface area contributed by atoms with Gasteiger partial charge in [0.25, 0.3) is 0 Å². The predicted octanol–water partition coefficient (Wildman–Crippen LogP) is 3.97. The molecule has 0 aliphatic rings. The zero-order valence-electron chi connectivity index (χ0n) is 11.3. The van der Waals surface area contributed by atoms with Crippen molar-refractivity contribution < 1.29 is 22.7 Å². The molecule has 0 heterocycles. The largest absolute Gasteiger partial charge is 0.573 e. The highest BCUT2D eigenvalue weighted by Crippen LogP contribution is 2.24. The van der Waals surface area contributed by atoms with Crippen molar-refractivity contribution in [3.05, 3.63) is 29.8 Å². The highest BCUT2D eigenvalue weighted by Gasteiger charge is 2.31. The number of ether oxygens (including phenoxy) is 1. The molecule has 0 saturated carbocycles. The molecule has 1 N–H and O–H groups in total. The molecule has 0 aliphatic carbocycles. The minimum Gasteiger partial charge on any atom is -0.406 e. The molecule has 0 bridgehead atoms. The Balaban J connectivity index is 2.60. The van der Waals surface area contributed by atoms with Crippen LogP contribution in [0.5, 0.6) is 5.75 Å². The van der Waals surface area contributed by atoms with Gasteiger partial charge in [-0.1, -0.05) is 12.1 Å². The maximum absolute atomic E-state index is 12.0. The summed E-state index contributed by atoms with van der Waals surface area (Å²) in [6.07, 6.45) is -4.67.